The van der Waals surface area contributed by atoms with Crippen LogP contribution in [-0.2, 0) is 11.3 Å². The van der Waals surface area contributed by atoms with Gasteiger partial charge in [0.1, 0.15) is 0 Å². The maximum absolute atomic E-state index is 11.2. The average Bonchev–Trinajstić information content (AvgIpc) is 2.36. The second-order valence-corrected chi connectivity index (χ2v) is 3.56. The summed E-state index contributed by atoms with van der Waals surface area (Å²) in [5, 5.41) is 3.75. The second kappa shape index (κ2) is 5.30. The number of amides is 1. The summed E-state index contributed by atoms with van der Waals surface area (Å²) in [6, 6.07) is 9.73. The molecular weight excluding hydrogens is 216 g/mol. The van der Waals surface area contributed by atoms with Crippen molar-refractivity contribution in [1.82, 2.24) is 10.3 Å². The summed E-state index contributed by atoms with van der Waals surface area (Å²) >= 11 is 0. The van der Waals surface area contributed by atoms with E-state index in [1.165, 1.54) is 0 Å². The summed E-state index contributed by atoms with van der Waals surface area (Å²) in [5.74, 6) is 0. The quantitative estimate of drug-likeness (QED) is 0.881. The first-order valence-electron chi connectivity index (χ1n) is 5.54. The van der Waals surface area contributed by atoms with Crippen LogP contribution in [0.15, 0.2) is 36.5 Å². The lowest BCUT2D eigenvalue weighted by Crippen LogP contribution is -2.23. The molecule has 0 bridgehead atoms. The summed E-state index contributed by atoms with van der Waals surface area (Å²) in [7, 11) is 0. The number of aromatic nitrogens is 1. The molecule has 2 aromatic rings. The lowest BCUT2D eigenvalue weighted by Gasteiger charge is -2.07. The van der Waals surface area contributed by atoms with Gasteiger partial charge in [0, 0.05) is 18.1 Å². The molecule has 4 heteroatoms. The van der Waals surface area contributed by atoms with E-state index in [1.54, 1.807) is 13.1 Å². The topological polar surface area (TPSA) is 51.2 Å². The molecule has 0 aliphatic rings. The smallest absolute Gasteiger partial charge is 0.407 e. The van der Waals surface area contributed by atoms with Crippen LogP contribution in [0.5, 0.6) is 0 Å². The number of carbonyl (C=O) groups excluding carboxylic acids is 1. The number of ether oxygens (including phenoxy) is 1. The summed E-state index contributed by atoms with van der Waals surface area (Å²) in [6.07, 6.45) is 1.35. The maximum atomic E-state index is 11.2. The minimum atomic E-state index is -0.395. The molecule has 2 rings (SSSR count). The second-order valence-electron chi connectivity index (χ2n) is 3.56. The number of pyridine rings is 1. The molecule has 0 aliphatic carbocycles. The molecule has 88 valence electrons. The van der Waals surface area contributed by atoms with Crippen molar-refractivity contribution in [3.05, 3.63) is 42.1 Å². The molecule has 0 unspecified atom stereocenters. The van der Waals surface area contributed by atoms with Crippen LogP contribution in [0.2, 0.25) is 0 Å². The molecule has 0 radical (unpaired) electrons. The first kappa shape index (κ1) is 11.4. The van der Waals surface area contributed by atoms with Gasteiger partial charge in [-0.3, -0.25) is 4.98 Å². The minimum absolute atomic E-state index is 0.378. The van der Waals surface area contributed by atoms with Gasteiger partial charge in [-0.2, -0.15) is 0 Å². The van der Waals surface area contributed by atoms with Crippen molar-refractivity contribution in [2.24, 2.45) is 0 Å². The standard InChI is InChI=1S/C13H14N2O2/c1-2-17-13(16)15-9-10-7-8-14-12-6-4-3-5-11(10)12/h3-8H,2,9H2,1H3,(H,15,16). The normalized spacial score (nSPS) is 10.2. The lowest BCUT2D eigenvalue weighted by atomic mass is 10.1. The Kier molecular flexibility index (Phi) is 3.55. The Hall–Kier alpha value is -2.10. The molecule has 1 amide bonds. The molecule has 0 fully saturated rings. The zero-order valence-electron chi connectivity index (χ0n) is 9.64. The molecule has 0 aliphatic heterocycles. The number of carbonyl (C=O) groups is 1. The zero-order valence-corrected chi connectivity index (χ0v) is 9.64. The maximum Gasteiger partial charge on any atom is 0.407 e. The van der Waals surface area contributed by atoms with Gasteiger partial charge in [-0.05, 0) is 24.6 Å². The van der Waals surface area contributed by atoms with Gasteiger partial charge >= 0.3 is 6.09 Å². The van der Waals surface area contributed by atoms with Crippen LogP contribution in [0.4, 0.5) is 4.79 Å². The number of fused-ring (bicyclic) bond motifs is 1. The third-order valence-corrected chi connectivity index (χ3v) is 2.44. The Labute approximate surface area is 99.6 Å². The fourth-order valence-corrected chi connectivity index (χ4v) is 1.66. The highest BCUT2D eigenvalue weighted by molar-refractivity contribution is 5.82. The van der Waals surface area contributed by atoms with Crippen molar-refractivity contribution in [3.8, 4) is 0 Å². The van der Waals surface area contributed by atoms with Gasteiger partial charge in [-0.15, -0.1) is 0 Å². The molecule has 17 heavy (non-hydrogen) atoms. The predicted octanol–water partition coefficient (Wildman–Crippen LogP) is 2.48. The van der Waals surface area contributed by atoms with Crippen molar-refractivity contribution in [2.45, 2.75) is 13.5 Å². The van der Waals surface area contributed by atoms with Crippen molar-refractivity contribution >= 4 is 17.0 Å². The number of para-hydroxylation sites is 1. The largest absolute Gasteiger partial charge is 0.450 e. The van der Waals surface area contributed by atoms with Gasteiger partial charge in [-0.1, -0.05) is 18.2 Å². The first-order valence-corrected chi connectivity index (χ1v) is 5.54. The van der Waals surface area contributed by atoms with Crippen molar-refractivity contribution in [3.63, 3.8) is 0 Å². The summed E-state index contributed by atoms with van der Waals surface area (Å²) in [4.78, 5) is 15.5. The number of hydrogen-bond acceptors (Lipinski definition) is 3. The van der Waals surface area contributed by atoms with E-state index in [1.807, 2.05) is 30.3 Å². The number of rotatable bonds is 3. The highest BCUT2D eigenvalue weighted by atomic mass is 16.5. The Morgan fingerprint density at radius 1 is 1.35 bits per heavy atom. The van der Waals surface area contributed by atoms with E-state index in [2.05, 4.69) is 10.3 Å². The van der Waals surface area contributed by atoms with E-state index in [9.17, 15) is 4.79 Å². The van der Waals surface area contributed by atoms with E-state index < -0.39 is 6.09 Å². The summed E-state index contributed by atoms with van der Waals surface area (Å²) < 4.78 is 4.81. The van der Waals surface area contributed by atoms with Gasteiger partial charge in [0.2, 0.25) is 0 Å². The fraction of sp³-hybridized carbons (Fsp3) is 0.231. The summed E-state index contributed by atoms with van der Waals surface area (Å²) in [5.41, 5.74) is 1.96. The van der Waals surface area contributed by atoms with Gasteiger partial charge < -0.3 is 10.1 Å². The van der Waals surface area contributed by atoms with E-state index in [0.29, 0.717) is 13.2 Å². The molecule has 1 heterocycles. The Balaban J connectivity index is 2.16. The molecule has 4 nitrogen and oxygen atoms in total. The molecule has 1 aromatic carbocycles. The number of nitrogens with zero attached hydrogens (tertiary/aromatic N) is 1. The first-order chi connectivity index (χ1) is 8.31. The number of benzene rings is 1. The van der Waals surface area contributed by atoms with Crippen LogP contribution in [-0.4, -0.2) is 17.7 Å². The third-order valence-electron chi connectivity index (χ3n) is 2.44. The molecule has 1 aromatic heterocycles. The number of nitrogens with one attached hydrogen (secondary N) is 1. The highest BCUT2D eigenvalue weighted by Crippen LogP contribution is 2.15. The van der Waals surface area contributed by atoms with E-state index in [0.717, 1.165) is 16.5 Å². The fourth-order valence-electron chi connectivity index (χ4n) is 1.66. The molecule has 0 saturated heterocycles. The predicted molar refractivity (Wildman–Crippen MR) is 65.6 cm³/mol. The molecular formula is C13H14N2O2. The summed E-state index contributed by atoms with van der Waals surface area (Å²) in [6.45, 7) is 2.60. The van der Waals surface area contributed by atoms with Crippen LogP contribution in [0.25, 0.3) is 10.9 Å². The average molecular weight is 230 g/mol. The van der Waals surface area contributed by atoms with Crippen LogP contribution in [0.1, 0.15) is 12.5 Å². The number of alkyl carbamates (subject to hydrolysis) is 1. The van der Waals surface area contributed by atoms with Crippen LogP contribution >= 0.6 is 0 Å². The molecule has 1 N–H and O–H groups in total. The van der Waals surface area contributed by atoms with E-state index in [-0.39, 0.29) is 0 Å². The Morgan fingerprint density at radius 2 is 2.18 bits per heavy atom. The Bertz CT molecular complexity index is 520. The van der Waals surface area contributed by atoms with Crippen LogP contribution in [0.3, 0.4) is 0 Å². The highest BCUT2D eigenvalue weighted by Gasteiger charge is 2.04. The van der Waals surface area contributed by atoms with Gasteiger partial charge in [-0.25, -0.2) is 4.79 Å². The number of hydrogen-bond donors (Lipinski definition) is 1. The van der Waals surface area contributed by atoms with Gasteiger partial charge in [0.25, 0.3) is 0 Å². The van der Waals surface area contributed by atoms with E-state index in [4.69, 9.17) is 4.74 Å². The van der Waals surface area contributed by atoms with Gasteiger partial charge in [0.15, 0.2) is 0 Å². The minimum Gasteiger partial charge on any atom is -0.450 e. The third kappa shape index (κ3) is 2.72. The molecule has 0 saturated carbocycles. The van der Waals surface area contributed by atoms with Crippen molar-refractivity contribution < 1.29 is 9.53 Å². The van der Waals surface area contributed by atoms with Crippen molar-refractivity contribution in [2.75, 3.05) is 6.61 Å². The van der Waals surface area contributed by atoms with Crippen LogP contribution in [0, 0.1) is 0 Å². The van der Waals surface area contributed by atoms with Gasteiger partial charge in [0.05, 0.1) is 12.1 Å². The van der Waals surface area contributed by atoms with Crippen molar-refractivity contribution in [1.29, 1.82) is 0 Å². The molecule has 0 spiro atoms. The SMILES string of the molecule is CCOC(=O)NCc1ccnc2ccccc12. The van der Waals surface area contributed by atoms with Crippen LogP contribution < -0.4 is 5.32 Å². The monoisotopic (exact) mass is 230 g/mol. The Morgan fingerprint density at radius 3 is 3.00 bits per heavy atom. The van der Waals surface area contributed by atoms with E-state index >= 15 is 0 Å². The zero-order chi connectivity index (χ0) is 12.1. The lowest BCUT2D eigenvalue weighted by molar-refractivity contribution is 0.151. The molecule has 0 atom stereocenters.